The Balaban J connectivity index is 0.000000181. The molecule has 1 saturated carbocycles. The van der Waals surface area contributed by atoms with Gasteiger partial charge >= 0.3 is 0 Å². The van der Waals surface area contributed by atoms with E-state index in [1.165, 1.54) is 111 Å². The summed E-state index contributed by atoms with van der Waals surface area (Å²) in [6, 6.07) is 139. The molecule has 0 bridgehead atoms. The lowest BCUT2D eigenvalue weighted by atomic mass is 9.71. The van der Waals surface area contributed by atoms with Crippen LogP contribution in [-0.4, -0.2) is 0 Å². The van der Waals surface area contributed by atoms with Crippen LogP contribution in [0.2, 0.25) is 0 Å². The molecule has 13 aromatic rings. The molecule has 3 unspecified atom stereocenters. The Morgan fingerprint density at radius 2 is 0.504 bits per heavy atom. The Kier molecular flexibility index (Phi) is 36.3. The Morgan fingerprint density at radius 1 is 0.265 bits per heavy atom. The summed E-state index contributed by atoms with van der Waals surface area (Å²) in [7, 11) is 0. The Morgan fingerprint density at radius 3 is 0.770 bits per heavy atom. The van der Waals surface area contributed by atoms with E-state index in [-0.39, 0.29) is 10.8 Å². The summed E-state index contributed by atoms with van der Waals surface area (Å²) in [5, 5.41) is 0. The predicted octanol–water partition coefficient (Wildman–Crippen LogP) is 32.2. The molecule has 588 valence electrons. The highest BCUT2D eigenvalue weighted by molar-refractivity contribution is 5.49. The van der Waals surface area contributed by atoms with Crippen LogP contribution in [0.25, 0.3) is 0 Å². The third-order valence-corrected chi connectivity index (χ3v) is 24.0. The molecular formula is C113H136. The van der Waals surface area contributed by atoms with Gasteiger partial charge in [-0.2, -0.15) is 0 Å². The molecular weight excluding hydrogens is 1360 g/mol. The average Bonchev–Trinajstić information content (AvgIpc) is 0.769. The van der Waals surface area contributed by atoms with Crippen LogP contribution in [0.5, 0.6) is 0 Å². The second-order valence-electron chi connectivity index (χ2n) is 34.6. The quantitative estimate of drug-likeness (QED) is 0.0898. The molecule has 13 aromatic carbocycles. The van der Waals surface area contributed by atoms with Gasteiger partial charge in [0, 0.05) is 16.7 Å². The minimum atomic E-state index is -0.121. The van der Waals surface area contributed by atoms with Gasteiger partial charge < -0.3 is 0 Å². The van der Waals surface area contributed by atoms with Crippen LogP contribution < -0.4 is 0 Å². The van der Waals surface area contributed by atoms with E-state index in [0.717, 1.165) is 0 Å². The third kappa shape index (κ3) is 28.5. The average molecular weight is 1490 g/mol. The van der Waals surface area contributed by atoms with Crippen LogP contribution >= 0.6 is 0 Å². The minimum absolute atomic E-state index is 0.0858. The number of benzene rings is 13. The van der Waals surface area contributed by atoms with Gasteiger partial charge in [0.1, 0.15) is 0 Å². The molecule has 0 spiro atoms. The van der Waals surface area contributed by atoms with Crippen molar-refractivity contribution in [2.45, 2.75) is 214 Å². The molecule has 0 aliphatic heterocycles. The van der Waals surface area contributed by atoms with E-state index in [9.17, 15) is 0 Å². The molecule has 0 radical (unpaired) electrons. The van der Waals surface area contributed by atoms with Crippen LogP contribution in [0.4, 0.5) is 0 Å². The van der Waals surface area contributed by atoms with Gasteiger partial charge in [-0.05, 0) is 144 Å². The topological polar surface area (TPSA) is 0 Å². The number of rotatable bonds is 15. The lowest BCUT2D eigenvalue weighted by molar-refractivity contribution is 0.319. The van der Waals surface area contributed by atoms with Crippen molar-refractivity contribution in [3.63, 3.8) is 0 Å². The molecule has 1 aliphatic carbocycles. The van der Waals surface area contributed by atoms with Gasteiger partial charge in [0.25, 0.3) is 0 Å². The maximum absolute atomic E-state index is 2.42. The molecule has 0 heterocycles. The highest BCUT2D eigenvalue weighted by Gasteiger charge is 2.32. The molecule has 0 nitrogen and oxygen atoms in total. The summed E-state index contributed by atoms with van der Waals surface area (Å²) in [6.07, 6.45) is 8.18. The van der Waals surface area contributed by atoms with Crippen LogP contribution in [-0.2, 0) is 27.1 Å². The highest BCUT2D eigenvalue weighted by atomic mass is 14.3. The van der Waals surface area contributed by atoms with Crippen molar-refractivity contribution in [1.29, 1.82) is 0 Å². The molecule has 3 atom stereocenters. The van der Waals surface area contributed by atoms with Crippen LogP contribution in [0, 0.1) is 11.3 Å². The fourth-order valence-corrected chi connectivity index (χ4v) is 14.7. The summed E-state index contributed by atoms with van der Waals surface area (Å²) in [5.74, 6) is 2.91. The third-order valence-electron chi connectivity index (χ3n) is 24.0. The van der Waals surface area contributed by atoms with E-state index >= 15 is 0 Å². The summed E-state index contributed by atoms with van der Waals surface area (Å²) < 4.78 is 0. The molecule has 14 rings (SSSR count). The van der Waals surface area contributed by atoms with Crippen LogP contribution in [0.3, 0.4) is 0 Å². The van der Waals surface area contributed by atoms with Crippen molar-refractivity contribution in [1.82, 2.24) is 0 Å². The van der Waals surface area contributed by atoms with E-state index in [1.807, 2.05) is 0 Å². The van der Waals surface area contributed by atoms with Crippen molar-refractivity contribution in [3.8, 4) is 0 Å². The van der Waals surface area contributed by atoms with Gasteiger partial charge in [-0.15, -0.1) is 0 Å². The first-order chi connectivity index (χ1) is 54.2. The number of hydrogen-bond donors (Lipinski definition) is 0. The molecule has 0 aromatic heterocycles. The van der Waals surface area contributed by atoms with Crippen molar-refractivity contribution < 1.29 is 0 Å². The first-order valence-corrected chi connectivity index (χ1v) is 41.9. The standard InChI is InChI=1S/C20H18.C18H22.C15H16.C14H14.C13H18.C12H18.C11H16.C10H14/c1-20(17-11-5-2-6-12-17,18-13-7-3-8-14-18)19-15-9-4-10-16-19;1-14(15(2)17-10-6-4-7-11-17)16(3)18-12-8-5-9-13-18;1-15(2,13-9-5-3-6-10-13)14-11-7-4-8-12-14;1-12(13-8-4-2-5-9-13)14-10-6-3-7-11-14;1-13(10-6-3-7-11-13)12-8-4-2-5-9-12;1-10(12(2,3)4)11-8-6-5-7-9-11;1-4-11(2,3)10-8-6-5-7-9-10;1-10(2,3)9-7-5-4-6-8-9/h2-16H,1H3;4-16H,1-3H3;3-12H,1-2H3;2-12H,1H3;2,4-5,8-9H,3,6-7,10-11H2,1H3;5-10H,1-4H3;5-9H,4H2,1-3H3;4-8H,1-3H3. The van der Waals surface area contributed by atoms with Gasteiger partial charge in [-0.1, -0.05) is 531 Å². The van der Waals surface area contributed by atoms with E-state index in [4.69, 9.17) is 0 Å². The summed E-state index contributed by atoms with van der Waals surface area (Å²) in [4.78, 5) is 0. The zero-order valence-electron chi connectivity index (χ0n) is 72.2. The van der Waals surface area contributed by atoms with Crippen molar-refractivity contribution in [2.75, 3.05) is 0 Å². The van der Waals surface area contributed by atoms with Crippen molar-refractivity contribution in [2.24, 2.45) is 11.3 Å². The van der Waals surface area contributed by atoms with E-state index < -0.39 is 0 Å². The Hall–Kier alpha value is -10.1. The first-order valence-electron chi connectivity index (χ1n) is 41.9. The molecule has 0 heteroatoms. The molecule has 0 N–H and O–H groups in total. The van der Waals surface area contributed by atoms with Gasteiger partial charge in [0.2, 0.25) is 0 Å². The zero-order chi connectivity index (χ0) is 81.6. The van der Waals surface area contributed by atoms with E-state index in [0.29, 0.717) is 51.2 Å². The summed E-state index contributed by atoms with van der Waals surface area (Å²) >= 11 is 0. The van der Waals surface area contributed by atoms with Crippen molar-refractivity contribution in [3.05, 3.63) is 467 Å². The molecule has 1 fully saturated rings. The highest BCUT2D eigenvalue weighted by Crippen LogP contribution is 2.41. The second-order valence-corrected chi connectivity index (χ2v) is 34.6. The fourth-order valence-electron chi connectivity index (χ4n) is 14.7. The van der Waals surface area contributed by atoms with E-state index in [2.05, 4.69) is 519 Å². The molecule has 0 saturated heterocycles. The largest absolute Gasteiger partial charge is 0.0646 e. The lowest BCUT2D eigenvalue weighted by Gasteiger charge is -2.34. The minimum Gasteiger partial charge on any atom is -0.0646 e. The first kappa shape index (κ1) is 90.1. The molecule has 1 aliphatic rings. The predicted molar refractivity (Wildman–Crippen MR) is 495 cm³/mol. The maximum Gasteiger partial charge on any atom is 0.0423 e. The number of hydrogen-bond acceptors (Lipinski definition) is 0. The fraction of sp³-hybridized carbons (Fsp3) is 0.310. The normalized spacial score (nSPS) is 13.4. The smallest absolute Gasteiger partial charge is 0.0423 e. The Bertz CT molecular complexity index is 4320. The monoisotopic (exact) mass is 1490 g/mol. The zero-order valence-corrected chi connectivity index (χ0v) is 72.2. The maximum atomic E-state index is 2.42. The van der Waals surface area contributed by atoms with Gasteiger partial charge in [0.05, 0.1) is 0 Å². The van der Waals surface area contributed by atoms with Crippen molar-refractivity contribution >= 4 is 0 Å². The van der Waals surface area contributed by atoms with Gasteiger partial charge in [-0.25, -0.2) is 0 Å². The molecule has 113 heavy (non-hydrogen) atoms. The lowest BCUT2D eigenvalue weighted by Crippen LogP contribution is -2.25. The Labute approximate surface area is 687 Å². The second kappa shape index (κ2) is 45.5. The molecule has 0 amide bonds. The van der Waals surface area contributed by atoms with Crippen LogP contribution in [0.15, 0.2) is 394 Å². The van der Waals surface area contributed by atoms with Gasteiger partial charge in [0.15, 0.2) is 0 Å². The summed E-state index contributed by atoms with van der Waals surface area (Å²) in [5.41, 5.74) is 19.5. The van der Waals surface area contributed by atoms with Gasteiger partial charge in [-0.3, -0.25) is 0 Å². The van der Waals surface area contributed by atoms with E-state index in [1.54, 1.807) is 0 Å². The van der Waals surface area contributed by atoms with Crippen LogP contribution in [0.1, 0.15) is 259 Å². The SMILES string of the molecule is CC(C)(C)c1ccccc1.CC(C)(c1ccccc1)c1ccccc1.CC(c1ccccc1)(c1ccccc1)c1ccccc1.CC(c1ccccc1)C(C)(C)C.CC(c1ccccc1)C(C)C(C)c1ccccc1.CC(c1ccccc1)c1ccccc1.CC1(c2ccccc2)CCCCC1.CCC(C)(C)c1ccccc1. The summed E-state index contributed by atoms with van der Waals surface area (Å²) in [6.45, 7) is 41.1.